The first kappa shape index (κ1) is 9.11. The van der Waals surface area contributed by atoms with Gasteiger partial charge in [0.15, 0.2) is 0 Å². The molecule has 1 aromatic heterocycles. The number of carbonyl (C=O) groups is 1. The van der Waals surface area contributed by atoms with E-state index in [4.69, 9.17) is 5.73 Å². The summed E-state index contributed by atoms with van der Waals surface area (Å²) in [5.74, 6) is -0.423. The highest BCUT2D eigenvalue weighted by Gasteiger charge is 2.17. The molecule has 3 rings (SSSR count). The predicted molar refractivity (Wildman–Crippen MR) is 60.7 cm³/mol. The zero-order valence-corrected chi connectivity index (χ0v) is 8.45. The van der Waals surface area contributed by atoms with Gasteiger partial charge < -0.3 is 11.2 Å². The van der Waals surface area contributed by atoms with Crippen molar-refractivity contribution in [2.45, 2.75) is 6.54 Å². The number of nitrogens with two attached hydrogens (primary N) is 1. The molecule has 1 aliphatic heterocycles. The molecule has 1 aromatic carbocycles. The molecule has 5 heteroatoms. The molecule has 16 heavy (non-hydrogen) atoms. The van der Waals surface area contributed by atoms with Crippen LogP contribution in [0.4, 0.5) is 5.69 Å². The number of nitrogens with zero attached hydrogens (tertiary/aromatic N) is 1. The monoisotopic (exact) mass is 214 g/mol. The van der Waals surface area contributed by atoms with Gasteiger partial charge in [0.1, 0.15) is 0 Å². The van der Waals surface area contributed by atoms with Gasteiger partial charge in [-0.1, -0.05) is 0 Å². The lowest BCUT2D eigenvalue weighted by molar-refractivity contribution is 0.100. The van der Waals surface area contributed by atoms with Gasteiger partial charge in [-0.25, -0.2) is 5.43 Å². The lowest BCUT2D eigenvalue weighted by Gasteiger charge is -2.08. The molecule has 0 atom stereocenters. The molecular weight excluding hydrogens is 204 g/mol. The van der Waals surface area contributed by atoms with E-state index in [1.54, 1.807) is 12.4 Å². The fourth-order valence-electron chi connectivity index (χ4n) is 2.04. The van der Waals surface area contributed by atoms with Crippen molar-refractivity contribution in [2.24, 2.45) is 5.73 Å². The van der Waals surface area contributed by atoms with Gasteiger partial charge in [0.05, 0.1) is 5.69 Å². The Morgan fingerprint density at radius 3 is 3.12 bits per heavy atom. The first-order valence-corrected chi connectivity index (χ1v) is 4.95. The van der Waals surface area contributed by atoms with Gasteiger partial charge in [-0.05, 0) is 17.7 Å². The first-order valence-electron chi connectivity index (χ1n) is 4.95. The Morgan fingerprint density at radius 1 is 1.44 bits per heavy atom. The van der Waals surface area contributed by atoms with Crippen molar-refractivity contribution in [2.75, 3.05) is 5.43 Å². The van der Waals surface area contributed by atoms with Crippen LogP contribution in [0, 0.1) is 0 Å². The summed E-state index contributed by atoms with van der Waals surface area (Å²) in [7, 11) is 0. The van der Waals surface area contributed by atoms with E-state index in [1.165, 1.54) is 0 Å². The van der Waals surface area contributed by atoms with Crippen LogP contribution < -0.4 is 16.6 Å². The van der Waals surface area contributed by atoms with Gasteiger partial charge >= 0.3 is 0 Å². The van der Waals surface area contributed by atoms with Gasteiger partial charge in [0, 0.05) is 35.3 Å². The Morgan fingerprint density at radius 2 is 2.31 bits per heavy atom. The number of nitrogens with one attached hydrogen (secondary N) is 2. The van der Waals surface area contributed by atoms with Gasteiger partial charge in [-0.3, -0.25) is 9.78 Å². The van der Waals surface area contributed by atoms with Gasteiger partial charge in [0.2, 0.25) is 5.91 Å². The highest BCUT2D eigenvalue weighted by molar-refractivity contribution is 6.10. The maximum Gasteiger partial charge on any atom is 0.249 e. The summed E-state index contributed by atoms with van der Waals surface area (Å²) in [6.07, 6.45) is 3.36. The summed E-state index contributed by atoms with van der Waals surface area (Å²) >= 11 is 0. The number of primary amides is 1. The van der Waals surface area contributed by atoms with Crippen molar-refractivity contribution in [3.05, 3.63) is 35.7 Å². The minimum atomic E-state index is -0.423. The highest BCUT2D eigenvalue weighted by atomic mass is 16.1. The zero-order valence-electron chi connectivity index (χ0n) is 8.45. The number of carbonyl (C=O) groups excluding carboxylic acids is 1. The number of pyridine rings is 1. The van der Waals surface area contributed by atoms with Crippen LogP contribution >= 0.6 is 0 Å². The third kappa shape index (κ3) is 1.15. The average Bonchev–Trinajstić information content (AvgIpc) is 2.75. The Kier molecular flexibility index (Phi) is 1.81. The van der Waals surface area contributed by atoms with Crippen molar-refractivity contribution in [3.63, 3.8) is 0 Å². The Hall–Kier alpha value is -2.14. The molecule has 0 saturated carbocycles. The summed E-state index contributed by atoms with van der Waals surface area (Å²) in [6.45, 7) is 0.688. The topological polar surface area (TPSA) is 80.0 Å². The van der Waals surface area contributed by atoms with Crippen LogP contribution in [-0.2, 0) is 6.54 Å². The molecule has 0 bridgehead atoms. The summed E-state index contributed by atoms with van der Waals surface area (Å²) in [5.41, 5.74) is 14.0. The van der Waals surface area contributed by atoms with E-state index in [9.17, 15) is 4.79 Å². The molecular formula is C11H10N4O. The maximum absolute atomic E-state index is 11.4. The van der Waals surface area contributed by atoms with E-state index >= 15 is 0 Å². The molecule has 1 amide bonds. The van der Waals surface area contributed by atoms with Crippen LogP contribution in [0.1, 0.15) is 15.9 Å². The fourth-order valence-corrected chi connectivity index (χ4v) is 2.04. The number of hydrazine groups is 1. The van der Waals surface area contributed by atoms with Crippen LogP contribution in [0.15, 0.2) is 24.5 Å². The molecule has 0 spiro atoms. The van der Waals surface area contributed by atoms with Crippen molar-refractivity contribution < 1.29 is 4.79 Å². The second kappa shape index (κ2) is 3.18. The molecule has 0 radical (unpaired) electrons. The second-order valence-electron chi connectivity index (χ2n) is 3.72. The molecule has 0 fully saturated rings. The maximum atomic E-state index is 11.4. The van der Waals surface area contributed by atoms with E-state index < -0.39 is 5.91 Å². The Labute approximate surface area is 91.6 Å². The minimum absolute atomic E-state index is 0.423. The molecule has 2 heterocycles. The number of aromatic nitrogens is 1. The Balaban J connectivity index is 2.44. The number of hydrogen-bond donors (Lipinski definition) is 3. The minimum Gasteiger partial charge on any atom is -0.366 e. The summed E-state index contributed by atoms with van der Waals surface area (Å²) in [6, 6.07) is 3.69. The average molecular weight is 214 g/mol. The van der Waals surface area contributed by atoms with Crippen molar-refractivity contribution >= 4 is 22.4 Å². The molecule has 0 unspecified atom stereocenters. The van der Waals surface area contributed by atoms with E-state index in [1.807, 2.05) is 12.1 Å². The number of benzene rings is 1. The lowest BCUT2D eigenvalue weighted by atomic mass is 10.0. The predicted octanol–water partition coefficient (Wildman–Crippen LogP) is 0.764. The molecule has 0 saturated heterocycles. The molecule has 2 aromatic rings. The van der Waals surface area contributed by atoms with Crippen LogP contribution in [0.3, 0.4) is 0 Å². The fraction of sp³-hybridized carbons (Fsp3) is 0.0909. The lowest BCUT2D eigenvalue weighted by Crippen LogP contribution is -2.12. The smallest absolute Gasteiger partial charge is 0.249 e. The highest BCUT2D eigenvalue weighted by Crippen LogP contribution is 2.31. The Bertz CT molecular complexity index is 594. The zero-order chi connectivity index (χ0) is 11.1. The molecule has 0 aliphatic carbocycles. The van der Waals surface area contributed by atoms with E-state index in [-0.39, 0.29) is 0 Å². The summed E-state index contributed by atoms with van der Waals surface area (Å²) in [4.78, 5) is 15.4. The van der Waals surface area contributed by atoms with Crippen molar-refractivity contribution in [3.8, 4) is 0 Å². The normalized spacial score (nSPS) is 13.5. The van der Waals surface area contributed by atoms with Crippen LogP contribution in [0.25, 0.3) is 10.8 Å². The van der Waals surface area contributed by atoms with E-state index in [2.05, 4.69) is 15.8 Å². The van der Waals surface area contributed by atoms with E-state index in [0.717, 1.165) is 22.0 Å². The van der Waals surface area contributed by atoms with Crippen LogP contribution in [0.2, 0.25) is 0 Å². The standard InChI is InChI=1S/C11H10N4O/c12-11(16)8-3-6-4-14-15-10(6)7-1-2-13-5-9(7)8/h1-3,5,14-15H,4H2,(H2,12,16). The number of amides is 1. The number of rotatable bonds is 1. The van der Waals surface area contributed by atoms with Crippen LogP contribution in [-0.4, -0.2) is 10.9 Å². The van der Waals surface area contributed by atoms with E-state index in [0.29, 0.717) is 12.1 Å². The summed E-state index contributed by atoms with van der Waals surface area (Å²) in [5, 5.41) is 1.75. The van der Waals surface area contributed by atoms with Crippen LogP contribution in [0.5, 0.6) is 0 Å². The molecule has 80 valence electrons. The number of hydrogen-bond acceptors (Lipinski definition) is 4. The number of anilines is 1. The van der Waals surface area contributed by atoms with Gasteiger partial charge in [-0.15, -0.1) is 0 Å². The van der Waals surface area contributed by atoms with Gasteiger partial charge in [0.25, 0.3) is 0 Å². The first-order chi connectivity index (χ1) is 7.77. The molecule has 5 nitrogen and oxygen atoms in total. The van der Waals surface area contributed by atoms with Crippen molar-refractivity contribution in [1.29, 1.82) is 0 Å². The van der Waals surface area contributed by atoms with Crippen molar-refractivity contribution in [1.82, 2.24) is 10.4 Å². The summed E-state index contributed by atoms with van der Waals surface area (Å²) < 4.78 is 0. The third-order valence-corrected chi connectivity index (χ3v) is 2.78. The quantitative estimate of drug-likeness (QED) is 0.654. The van der Waals surface area contributed by atoms with Gasteiger partial charge in [-0.2, -0.15) is 0 Å². The third-order valence-electron chi connectivity index (χ3n) is 2.78. The molecule has 1 aliphatic rings. The largest absolute Gasteiger partial charge is 0.366 e. The number of fused-ring (bicyclic) bond motifs is 3. The SMILES string of the molecule is NC(=O)c1cc2c(c3ccncc13)NNC2. The second-order valence-corrected chi connectivity index (χ2v) is 3.72. The molecule has 4 N–H and O–H groups in total.